The summed E-state index contributed by atoms with van der Waals surface area (Å²) in [5, 5.41) is 3.03. The number of hydrogen-bond donors (Lipinski definition) is 1. The van der Waals surface area contributed by atoms with Gasteiger partial charge in [-0.3, -0.25) is 9.59 Å². The molecule has 1 N–H and O–H groups in total. The van der Waals surface area contributed by atoms with Crippen molar-refractivity contribution in [1.29, 1.82) is 0 Å². The zero-order chi connectivity index (χ0) is 24.5. The number of hydrogen-bond acceptors (Lipinski definition) is 4. The Morgan fingerprint density at radius 2 is 1.53 bits per heavy atom. The molecule has 6 nitrogen and oxygen atoms in total. The average molecular weight is 483 g/mol. The summed E-state index contributed by atoms with van der Waals surface area (Å²) in [6.45, 7) is 1.92. The van der Waals surface area contributed by atoms with Gasteiger partial charge < -0.3 is 19.7 Å². The summed E-state index contributed by atoms with van der Waals surface area (Å²) in [7, 11) is 0. The fourth-order valence-electron chi connectivity index (χ4n) is 5.00. The first kappa shape index (κ1) is 22.8. The van der Waals surface area contributed by atoms with Crippen LogP contribution in [0.4, 0.5) is 0 Å². The van der Waals surface area contributed by atoms with Gasteiger partial charge in [0.05, 0.1) is 6.61 Å². The van der Waals surface area contributed by atoms with Crippen molar-refractivity contribution in [3.8, 4) is 16.9 Å². The van der Waals surface area contributed by atoms with E-state index in [1.165, 1.54) is 0 Å². The molecule has 1 unspecified atom stereocenters. The van der Waals surface area contributed by atoms with Crippen molar-refractivity contribution in [2.24, 2.45) is 5.92 Å². The normalized spacial score (nSPS) is 19.8. The zero-order valence-electron chi connectivity index (χ0n) is 20.2. The highest BCUT2D eigenvalue weighted by Crippen LogP contribution is 2.35. The van der Waals surface area contributed by atoms with E-state index in [1.807, 2.05) is 65.6 Å². The summed E-state index contributed by atoms with van der Waals surface area (Å²) in [4.78, 5) is 26.9. The summed E-state index contributed by atoms with van der Waals surface area (Å²) in [5.74, 6) is 1.21. The van der Waals surface area contributed by atoms with Crippen LogP contribution < -0.4 is 10.1 Å². The smallest absolute Gasteiger partial charge is 0.253 e. The highest BCUT2D eigenvalue weighted by atomic mass is 16.7. The maximum atomic E-state index is 12.7. The number of nitrogens with zero attached hydrogens (tertiary/aromatic N) is 1. The lowest BCUT2D eigenvalue weighted by molar-refractivity contribution is -0.148. The van der Waals surface area contributed by atoms with Crippen molar-refractivity contribution in [2.45, 2.75) is 44.6 Å². The lowest BCUT2D eigenvalue weighted by Crippen LogP contribution is -2.44. The predicted octanol–water partition coefficient (Wildman–Crippen LogP) is 5.03. The van der Waals surface area contributed by atoms with Gasteiger partial charge in [-0.2, -0.15) is 0 Å². The SMILES string of the molecule is O=C(NC1CC1)c1ccc(-c2ccc3c(c2)COC(C2CCN(C(=O)c4ccccc4)CC2)O3)cc1. The maximum absolute atomic E-state index is 12.7. The number of rotatable bonds is 5. The van der Waals surface area contributed by atoms with Crippen molar-refractivity contribution >= 4 is 11.8 Å². The number of nitrogens with one attached hydrogen (secondary N) is 1. The molecule has 2 fully saturated rings. The number of fused-ring (bicyclic) bond motifs is 1. The van der Waals surface area contributed by atoms with Crippen LogP contribution in [0.3, 0.4) is 0 Å². The molecule has 2 heterocycles. The predicted molar refractivity (Wildman–Crippen MR) is 137 cm³/mol. The summed E-state index contributed by atoms with van der Waals surface area (Å²) >= 11 is 0. The largest absolute Gasteiger partial charge is 0.464 e. The first-order chi connectivity index (χ1) is 17.6. The Morgan fingerprint density at radius 1 is 0.806 bits per heavy atom. The molecule has 1 saturated heterocycles. The fourth-order valence-corrected chi connectivity index (χ4v) is 5.00. The second-order valence-corrected chi connectivity index (χ2v) is 9.94. The number of ether oxygens (including phenoxy) is 2. The van der Waals surface area contributed by atoms with E-state index in [1.54, 1.807) is 0 Å². The first-order valence-corrected chi connectivity index (χ1v) is 12.8. The van der Waals surface area contributed by atoms with Crippen LogP contribution >= 0.6 is 0 Å². The Bertz CT molecular complexity index is 1250. The molecule has 6 rings (SSSR count). The Morgan fingerprint density at radius 3 is 2.25 bits per heavy atom. The van der Waals surface area contributed by atoms with Crippen molar-refractivity contribution in [3.05, 3.63) is 89.5 Å². The molecule has 184 valence electrons. The zero-order valence-corrected chi connectivity index (χ0v) is 20.2. The molecule has 1 saturated carbocycles. The molecule has 1 atom stereocenters. The Kier molecular flexibility index (Phi) is 6.20. The lowest BCUT2D eigenvalue weighted by atomic mass is 9.94. The van der Waals surface area contributed by atoms with Gasteiger partial charge in [0.25, 0.3) is 11.8 Å². The van der Waals surface area contributed by atoms with Gasteiger partial charge in [0, 0.05) is 41.7 Å². The maximum Gasteiger partial charge on any atom is 0.253 e. The van der Waals surface area contributed by atoms with Gasteiger partial charge in [0.2, 0.25) is 6.29 Å². The van der Waals surface area contributed by atoms with Crippen LogP contribution in [-0.2, 0) is 11.3 Å². The van der Waals surface area contributed by atoms with E-state index in [4.69, 9.17) is 9.47 Å². The van der Waals surface area contributed by atoms with Crippen LogP contribution in [-0.4, -0.2) is 42.1 Å². The minimum absolute atomic E-state index is 0.00222. The molecule has 6 heteroatoms. The van der Waals surface area contributed by atoms with Crippen molar-refractivity contribution in [2.75, 3.05) is 13.1 Å². The monoisotopic (exact) mass is 482 g/mol. The van der Waals surface area contributed by atoms with Gasteiger partial charge in [-0.05, 0) is 73.2 Å². The van der Waals surface area contributed by atoms with Crippen molar-refractivity contribution < 1.29 is 19.1 Å². The summed E-state index contributed by atoms with van der Waals surface area (Å²) < 4.78 is 12.4. The number of benzene rings is 3. The molecule has 2 aliphatic heterocycles. The van der Waals surface area contributed by atoms with Crippen LogP contribution in [0, 0.1) is 5.92 Å². The van der Waals surface area contributed by atoms with Gasteiger partial charge in [-0.25, -0.2) is 0 Å². The molecule has 0 bridgehead atoms. The summed E-state index contributed by atoms with van der Waals surface area (Å²) in [6, 6.07) is 23.7. The number of likely N-dealkylation sites (tertiary alicyclic amines) is 1. The minimum Gasteiger partial charge on any atom is -0.464 e. The van der Waals surface area contributed by atoms with Gasteiger partial charge in [-0.15, -0.1) is 0 Å². The summed E-state index contributed by atoms with van der Waals surface area (Å²) in [5.41, 5.74) is 4.58. The van der Waals surface area contributed by atoms with Crippen LogP contribution in [0.15, 0.2) is 72.8 Å². The second-order valence-electron chi connectivity index (χ2n) is 9.94. The van der Waals surface area contributed by atoms with Crippen molar-refractivity contribution in [3.63, 3.8) is 0 Å². The van der Waals surface area contributed by atoms with Gasteiger partial charge >= 0.3 is 0 Å². The Balaban J connectivity index is 1.06. The first-order valence-electron chi connectivity index (χ1n) is 12.8. The van der Waals surface area contributed by atoms with Crippen LogP contribution in [0.2, 0.25) is 0 Å². The van der Waals surface area contributed by atoms with Gasteiger partial charge in [0.15, 0.2) is 0 Å². The lowest BCUT2D eigenvalue weighted by Gasteiger charge is -2.37. The standard InChI is InChI=1S/C30H30N2O4/c33-28(31-26-11-12-26)21-8-6-20(7-9-21)24-10-13-27-25(18-24)19-35-30(36-27)23-14-16-32(17-15-23)29(34)22-4-2-1-3-5-22/h1-10,13,18,23,26,30H,11-12,14-17,19H2,(H,31,33). The topological polar surface area (TPSA) is 67.9 Å². The van der Waals surface area contributed by atoms with Crippen LogP contribution in [0.1, 0.15) is 52.0 Å². The van der Waals surface area contributed by atoms with Gasteiger partial charge in [0.1, 0.15) is 5.75 Å². The fraction of sp³-hybridized carbons (Fsp3) is 0.333. The van der Waals surface area contributed by atoms with E-state index in [0.29, 0.717) is 31.3 Å². The Hall–Kier alpha value is -3.64. The van der Waals surface area contributed by atoms with E-state index in [-0.39, 0.29) is 24.0 Å². The second kappa shape index (κ2) is 9.78. The van der Waals surface area contributed by atoms with Gasteiger partial charge in [-0.1, -0.05) is 36.4 Å². The average Bonchev–Trinajstić information content (AvgIpc) is 3.77. The molecule has 3 aromatic rings. The number of carbonyl (C=O) groups excluding carboxylic acids is 2. The molecular formula is C30H30N2O4. The molecule has 36 heavy (non-hydrogen) atoms. The highest BCUT2D eigenvalue weighted by molar-refractivity contribution is 5.95. The molecule has 3 aliphatic rings. The third-order valence-corrected chi connectivity index (χ3v) is 7.33. The molecule has 0 aromatic heterocycles. The van der Waals surface area contributed by atoms with E-state index >= 15 is 0 Å². The third kappa shape index (κ3) is 4.86. The Labute approximate surface area is 211 Å². The third-order valence-electron chi connectivity index (χ3n) is 7.33. The van der Waals surface area contributed by atoms with E-state index in [0.717, 1.165) is 53.7 Å². The minimum atomic E-state index is -0.290. The van der Waals surface area contributed by atoms with E-state index in [9.17, 15) is 9.59 Å². The quantitative estimate of drug-likeness (QED) is 0.554. The van der Waals surface area contributed by atoms with Crippen molar-refractivity contribution in [1.82, 2.24) is 10.2 Å². The number of amides is 2. The highest BCUT2D eigenvalue weighted by Gasteiger charge is 2.33. The number of carbonyl (C=O) groups is 2. The molecule has 2 amide bonds. The molecule has 0 spiro atoms. The molecule has 3 aromatic carbocycles. The van der Waals surface area contributed by atoms with E-state index in [2.05, 4.69) is 17.4 Å². The van der Waals surface area contributed by atoms with E-state index < -0.39 is 0 Å². The van der Waals surface area contributed by atoms with Crippen LogP contribution in [0.5, 0.6) is 5.75 Å². The molecular weight excluding hydrogens is 452 g/mol. The molecule has 0 radical (unpaired) electrons. The van der Waals surface area contributed by atoms with Crippen LogP contribution in [0.25, 0.3) is 11.1 Å². The number of piperidine rings is 1. The molecule has 1 aliphatic carbocycles. The summed E-state index contributed by atoms with van der Waals surface area (Å²) in [6.07, 6.45) is 3.59.